The van der Waals surface area contributed by atoms with Crippen molar-refractivity contribution in [3.8, 4) is 0 Å². The van der Waals surface area contributed by atoms with Crippen LogP contribution in [0.2, 0.25) is 0 Å². The summed E-state index contributed by atoms with van der Waals surface area (Å²) in [6.45, 7) is 5.88. The van der Waals surface area contributed by atoms with Crippen molar-refractivity contribution >= 4 is 0 Å². The third-order valence-corrected chi connectivity index (χ3v) is 3.08. The maximum Gasteiger partial charge on any atom is 0.0448 e. The molecule has 0 spiro atoms. The Morgan fingerprint density at radius 3 is 2.20 bits per heavy atom. The van der Waals surface area contributed by atoms with Crippen LogP contribution < -0.4 is 5.32 Å². The van der Waals surface area contributed by atoms with E-state index in [2.05, 4.69) is 19.2 Å². The number of aliphatic hydroxyl groups is 2. The van der Waals surface area contributed by atoms with Gasteiger partial charge in [-0.2, -0.15) is 0 Å². The molecule has 0 aromatic heterocycles. The van der Waals surface area contributed by atoms with E-state index in [1.165, 1.54) is 6.42 Å². The minimum absolute atomic E-state index is 0.0890. The molecule has 0 fully saturated rings. The van der Waals surface area contributed by atoms with Crippen LogP contribution >= 0.6 is 0 Å². The molecule has 0 aliphatic heterocycles. The van der Waals surface area contributed by atoms with Gasteiger partial charge in [-0.15, -0.1) is 0 Å². The molecule has 0 aromatic rings. The SMILES string of the molecule is CCC(C)(CCO)NCCCCCCO. The van der Waals surface area contributed by atoms with Crippen molar-refractivity contribution in [2.45, 2.75) is 57.9 Å². The van der Waals surface area contributed by atoms with E-state index in [1.807, 2.05) is 0 Å². The normalized spacial score (nSPS) is 15.2. The highest BCUT2D eigenvalue weighted by Gasteiger charge is 2.19. The Balaban J connectivity index is 3.46. The van der Waals surface area contributed by atoms with E-state index in [1.54, 1.807) is 0 Å². The molecule has 0 saturated heterocycles. The van der Waals surface area contributed by atoms with Crippen molar-refractivity contribution in [3.63, 3.8) is 0 Å². The summed E-state index contributed by atoms with van der Waals surface area (Å²) in [5.74, 6) is 0. The van der Waals surface area contributed by atoms with Crippen LogP contribution in [0.15, 0.2) is 0 Å². The number of rotatable bonds is 10. The second-order valence-electron chi connectivity index (χ2n) is 4.45. The molecule has 0 radical (unpaired) electrons. The molecule has 0 amide bonds. The molecule has 15 heavy (non-hydrogen) atoms. The predicted octanol–water partition coefficient (Wildman–Crippen LogP) is 1.68. The number of nitrogens with one attached hydrogen (secondary N) is 1. The van der Waals surface area contributed by atoms with Gasteiger partial charge in [0.2, 0.25) is 0 Å². The molecular formula is C12H27NO2. The zero-order valence-corrected chi connectivity index (χ0v) is 10.3. The van der Waals surface area contributed by atoms with Crippen LogP contribution in [-0.2, 0) is 0 Å². The van der Waals surface area contributed by atoms with Gasteiger partial charge in [0, 0.05) is 18.8 Å². The lowest BCUT2D eigenvalue weighted by Gasteiger charge is -2.29. The van der Waals surface area contributed by atoms with Crippen LogP contribution in [0.5, 0.6) is 0 Å². The fourth-order valence-corrected chi connectivity index (χ4v) is 1.62. The smallest absolute Gasteiger partial charge is 0.0448 e. The summed E-state index contributed by atoms with van der Waals surface area (Å²) in [7, 11) is 0. The van der Waals surface area contributed by atoms with Gasteiger partial charge in [0.15, 0.2) is 0 Å². The summed E-state index contributed by atoms with van der Waals surface area (Å²) in [5.41, 5.74) is 0.0890. The van der Waals surface area contributed by atoms with Gasteiger partial charge in [0.05, 0.1) is 0 Å². The molecule has 1 atom stereocenters. The molecular weight excluding hydrogens is 190 g/mol. The van der Waals surface area contributed by atoms with Gasteiger partial charge < -0.3 is 15.5 Å². The van der Waals surface area contributed by atoms with Gasteiger partial charge in [0.1, 0.15) is 0 Å². The Kier molecular flexibility index (Phi) is 9.06. The zero-order valence-electron chi connectivity index (χ0n) is 10.3. The van der Waals surface area contributed by atoms with E-state index < -0.39 is 0 Å². The van der Waals surface area contributed by atoms with Crippen molar-refractivity contribution in [2.24, 2.45) is 0 Å². The molecule has 0 aromatic carbocycles. The Morgan fingerprint density at radius 2 is 1.67 bits per heavy atom. The predicted molar refractivity (Wildman–Crippen MR) is 64.0 cm³/mol. The lowest BCUT2D eigenvalue weighted by Crippen LogP contribution is -2.43. The molecule has 0 aliphatic carbocycles. The summed E-state index contributed by atoms with van der Waals surface area (Å²) >= 11 is 0. The summed E-state index contributed by atoms with van der Waals surface area (Å²) < 4.78 is 0. The minimum atomic E-state index is 0.0890. The van der Waals surface area contributed by atoms with Crippen molar-refractivity contribution in [1.82, 2.24) is 5.32 Å². The third kappa shape index (κ3) is 7.77. The molecule has 3 heteroatoms. The number of hydrogen-bond donors (Lipinski definition) is 3. The van der Waals surface area contributed by atoms with Crippen LogP contribution in [0.4, 0.5) is 0 Å². The molecule has 3 N–H and O–H groups in total. The fraction of sp³-hybridized carbons (Fsp3) is 1.00. The molecule has 0 heterocycles. The summed E-state index contributed by atoms with van der Waals surface area (Å²) in [4.78, 5) is 0. The van der Waals surface area contributed by atoms with Crippen LogP contribution in [0, 0.1) is 0 Å². The Morgan fingerprint density at radius 1 is 1.00 bits per heavy atom. The van der Waals surface area contributed by atoms with E-state index in [4.69, 9.17) is 10.2 Å². The van der Waals surface area contributed by atoms with E-state index in [9.17, 15) is 0 Å². The number of unbranched alkanes of at least 4 members (excludes halogenated alkanes) is 3. The first-order chi connectivity index (χ1) is 7.18. The topological polar surface area (TPSA) is 52.5 Å². The third-order valence-electron chi connectivity index (χ3n) is 3.08. The molecule has 0 rings (SSSR count). The van der Waals surface area contributed by atoms with Gasteiger partial charge in [-0.25, -0.2) is 0 Å². The molecule has 92 valence electrons. The Hall–Kier alpha value is -0.120. The van der Waals surface area contributed by atoms with E-state index in [0.717, 1.165) is 38.6 Å². The Bertz CT molecular complexity index is 142. The lowest BCUT2D eigenvalue weighted by molar-refractivity contribution is 0.215. The summed E-state index contributed by atoms with van der Waals surface area (Å²) in [5, 5.41) is 21.1. The zero-order chi connectivity index (χ0) is 11.6. The number of hydrogen-bond acceptors (Lipinski definition) is 3. The maximum absolute atomic E-state index is 8.94. The van der Waals surface area contributed by atoms with Crippen molar-refractivity contribution < 1.29 is 10.2 Å². The van der Waals surface area contributed by atoms with Crippen molar-refractivity contribution in [1.29, 1.82) is 0 Å². The maximum atomic E-state index is 8.94. The van der Waals surface area contributed by atoms with E-state index in [0.29, 0.717) is 6.61 Å². The second kappa shape index (κ2) is 9.13. The molecule has 0 aliphatic rings. The largest absolute Gasteiger partial charge is 0.396 e. The lowest BCUT2D eigenvalue weighted by atomic mass is 9.95. The van der Waals surface area contributed by atoms with Crippen LogP contribution in [0.1, 0.15) is 52.4 Å². The Labute approximate surface area is 93.9 Å². The molecule has 0 saturated carbocycles. The second-order valence-corrected chi connectivity index (χ2v) is 4.45. The standard InChI is InChI=1S/C12H27NO2/c1-3-12(2,8-11-15)13-9-6-4-5-7-10-14/h13-15H,3-11H2,1-2H3. The quantitative estimate of drug-likeness (QED) is 0.488. The molecule has 1 unspecified atom stereocenters. The van der Waals surface area contributed by atoms with Crippen molar-refractivity contribution in [2.75, 3.05) is 19.8 Å². The van der Waals surface area contributed by atoms with Crippen LogP contribution in [-0.4, -0.2) is 35.5 Å². The van der Waals surface area contributed by atoms with Crippen LogP contribution in [0.25, 0.3) is 0 Å². The van der Waals surface area contributed by atoms with E-state index >= 15 is 0 Å². The first-order valence-electron chi connectivity index (χ1n) is 6.15. The first kappa shape index (κ1) is 14.9. The summed E-state index contributed by atoms with van der Waals surface area (Å²) in [6, 6.07) is 0. The van der Waals surface area contributed by atoms with Gasteiger partial charge in [-0.05, 0) is 39.2 Å². The highest BCUT2D eigenvalue weighted by molar-refractivity contribution is 4.80. The molecule has 0 bridgehead atoms. The fourth-order valence-electron chi connectivity index (χ4n) is 1.62. The van der Waals surface area contributed by atoms with Crippen molar-refractivity contribution in [3.05, 3.63) is 0 Å². The average Bonchev–Trinajstić information content (AvgIpc) is 2.24. The molecule has 3 nitrogen and oxygen atoms in total. The minimum Gasteiger partial charge on any atom is -0.396 e. The van der Waals surface area contributed by atoms with E-state index in [-0.39, 0.29) is 12.1 Å². The van der Waals surface area contributed by atoms with Gasteiger partial charge in [-0.1, -0.05) is 19.8 Å². The van der Waals surface area contributed by atoms with Gasteiger partial charge in [-0.3, -0.25) is 0 Å². The summed E-state index contributed by atoms with van der Waals surface area (Å²) in [6.07, 6.45) is 6.22. The number of aliphatic hydroxyl groups excluding tert-OH is 2. The first-order valence-corrected chi connectivity index (χ1v) is 6.15. The highest BCUT2D eigenvalue weighted by atomic mass is 16.3. The van der Waals surface area contributed by atoms with Gasteiger partial charge >= 0.3 is 0 Å². The van der Waals surface area contributed by atoms with Crippen LogP contribution in [0.3, 0.4) is 0 Å². The average molecular weight is 217 g/mol. The monoisotopic (exact) mass is 217 g/mol. The van der Waals surface area contributed by atoms with Gasteiger partial charge in [0.25, 0.3) is 0 Å². The highest BCUT2D eigenvalue weighted by Crippen LogP contribution is 2.13.